The van der Waals surface area contributed by atoms with Gasteiger partial charge in [-0.15, -0.1) is 0 Å². The molecule has 0 atom stereocenters. The van der Waals surface area contributed by atoms with Crippen LogP contribution < -0.4 is 20.9 Å². The largest absolute Gasteiger partial charge is 0.494 e. The number of ether oxygens (including phenoxy) is 2. The van der Waals surface area contributed by atoms with Gasteiger partial charge in [0, 0.05) is 11.4 Å². The van der Waals surface area contributed by atoms with Gasteiger partial charge in [0.1, 0.15) is 18.1 Å². The molecule has 0 spiro atoms. The maximum atomic E-state index is 5.88. The van der Waals surface area contributed by atoms with Crippen LogP contribution in [0.1, 0.15) is 51.0 Å². The Bertz CT molecular complexity index is 901. The molecule has 0 aliphatic carbocycles. The van der Waals surface area contributed by atoms with Crippen LogP contribution in [0.25, 0.3) is 11.1 Å². The average Bonchev–Trinajstić information content (AvgIpc) is 2.77. The Morgan fingerprint density at radius 3 is 1.71 bits per heavy atom. The van der Waals surface area contributed by atoms with Gasteiger partial charge in [0.05, 0.1) is 6.61 Å². The Morgan fingerprint density at radius 2 is 1.13 bits per heavy atom. The van der Waals surface area contributed by atoms with Crippen molar-refractivity contribution in [2.24, 2.45) is 0 Å². The van der Waals surface area contributed by atoms with Crippen LogP contribution in [0, 0.1) is 0 Å². The van der Waals surface area contributed by atoms with Crippen molar-refractivity contribution in [3.8, 4) is 22.6 Å². The second kappa shape index (κ2) is 11.9. The first-order valence-electron chi connectivity index (χ1n) is 11.2. The second-order valence-electron chi connectivity index (χ2n) is 7.96. The predicted octanol–water partition coefficient (Wildman–Crippen LogP) is 6.84. The number of nitrogens with two attached hydrogens (primary N) is 2. The summed E-state index contributed by atoms with van der Waals surface area (Å²) in [4.78, 5) is 0. The van der Waals surface area contributed by atoms with Gasteiger partial charge >= 0.3 is 0 Å². The highest BCUT2D eigenvalue weighted by Crippen LogP contribution is 2.25. The van der Waals surface area contributed by atoms with Crippen LogP contribution in [0.2, 0.25) is 0 Å². The minimum atomic E-state index is 0.430. The van der Waals surface area contributed by atoms with E-state index < -0.39 is 0 Å². The summed E-state index contributed by atoms with van der Waals surface area (Å²) in [5.74, 6) is 1.74. The Labute approximate surface area is 186 Å². The minimum Gasteiger partial charge on any atom is -0.494 e. The summed E-state index contributed by atoms with van der Waals surface area (Å²) in [6.07, 6.45) is 7.64. The molecule has 0 aliphatic rings. The highest BCUT2D eigenvalue weighted by Gasteiger charge is 2.02. The van der Waals surface area contributed by atoms with E-state index in [4.69, 9.17) is 20.9 Å². The minimum absolute atomic E-state index is 0.430. The molecule has 0 fully saturated rings. The smallest absolute Gasteiger partial charge is 0.119 e. The summed E-state index contributed by atoms with van der Waals surface area (Å²) in [6, 6.07) is 21.9. The maximum absolute atomic E-state index is 5.88. The van der Waals surface area contributed by atoms with Gasteiger partial charge in [-0.1, -0.05) is 63.3 Å². The third-order valence-corrected chi connectivity index (χ3v) is 5.25. The van der Waals surface area contributed by atoms with Gasteiger partial charge in [-0.3, -0.25) is 0 Å². The van der Waals surface area contributed by atoms with Crippen molar-refractivity contribution >= 4 is 11.4 Å². The molecule has 0 amide bonds. The van der Waals surface area contributed by atoms with Gasteiger partial charge in [0.25, 0.3) is 0 Å². The van der Waals surface area contributed by atoms with Crippen molar-refractivity contribution < 1.29 is 9.47 Å². The van der Waals surface area contributed by atoms with E-state index in [0.717, 1.165) is 41.2 Å². The molecule has 4 heteroatoms. The molecule has 3 aromatic carbocycles. The zero-order valence-corrected chi connectivity index (χ0v) is 18.5. The van der Waals surface area contributed by atoms with Crippen LogP contribution in [-0.4, -0.2) is 6.61 Å². The first-order valence-corrected chi connectivity index (χ1v) is 11.2. The maximum Gasteiger partial charge on any atom is 0.119 e. The number of hydrogen-bond donors (Lipinski definition) is 2. The van der Waals surface area contributed by atoms with E-state index in [1.165, 1.54) is 32.1 Å². The highest BCUT2D eigenvalue weighted by molar-refractivity contribution is 5.65. The summed E-state index contributed by atoms with van der Waals surface area (Å²) >= 11 is 0. The summed E-state index contributed by atoms with van der Waals surface area (Å²) in [5, 5.41) is 0. The highest BCUT2D eigenvalue weighted by atomic mass is 16.5. The van der Waals surface area contributed by atoms with E-state index in [0.29, 0.717) is 18.0 Å². The van der Waals surface area contributed by atoms with Gasteiger partial charge in [-0.25, -0.2) is 0 Å². The van der Waals surface area contributed by atoms with Gasteiger partial charge in [-0.2, -0.15) is 0 Å². The molecular weight excluding hydrogens is 384 g/mol. The second-order valence-corrected chi connectivity index (χ2v) is 7.96. The summed E-state index contributed by atoms with van der Waals surface area (Å²) in [6.45, 7) is 3.46. The number of anilines is 2. The van der Waals surface area contributed by atoms with Crippen molar-refractivity contribution in [3.63, 3.8) is 0 Å². The third-order valence-electron chi connectivity index (χ3n) is 5.25. The zero-order valence-electron chi connectivity index (χ0n) is 18.5. The molecule has 0 radical (unpaired) electrons. The third kappa shape index (κ3) is 7.56. The SMILES string of the molecule is CCCCCCCCOc1ccc(-c2ccc(OCc3cc(N)cc(N)c3)cc2)cc1. The molecule has 0 heterocycles. The normalized spacial score (nSPS) is 10.7. The van der Waals surface area contributed by atoms with Crippen LogP contribution in [0.3, 0.4) is 0 Å². The molecule has 164 valence electrons. The van der Waals surface area contributed by atoms with E-state index in [1.807, 2.05) is 36.4 Å². The Morgan fingerprint density at radius 1 is 0.613 bits per heavy atom. The zero-order chi connectivity index (χ0) is 21.9. The van der Waals surface area contributed by atoms with E-state index in [1.54, 1.807) is 6.07 Å². The number of nitrogen functional groups attached to an aromatic ring is 2. The lowest BCUT2D eigenvalue weighted by Crippen LogP contribution is -1.99. The Balaban J connectivity index is 1.46. The molecule has 0 aliphatic heterocycles. The fourth-order valence-electron chi connectivity index (χ4n) is 3.56. The van der Waals surface area contributed by atoms with Crippen molar-refractivity contribution in [2.75, 3.05) is 18.1 Å². The average molecular weight is 419 g/mol. The fraction of sp³-hybridized carbons (Fsp3) is 0.333. The Kier molecular flexibility index (Phi) is 8.65. The number of hydrogen-bond acceptors (Lipinski definition) is 4. The lowest BCUT2D eigenvalue weighted by atomic mass is 10.1. The summed E-state index contributed by atoms with van der Waals surface area (Å²) in [5.41, 5.74) is 16.2. The first kappa shape index (κ1) is 22.5. The molecule has 31 heavy (non-hydrogen) atoms. The molecule has 0 aromatic heterocycles. The molecule has 4 nitrogen and oxygen atoms in total. The van der Waals surface area contributed by atoms with E-state index in [-0.39, 0.29) is 0 Å². The van der Waals surface area contributed by atoms with Crippen molar-refractivity contribution in [1.82, 2.24) is 0 Å². The van der Waals surface area contributed by atoms with Crippen molar-refractivity contribution in [1.29, 1.82) is 0 Å². The lowest BCUT2D eigenvalue weighted by Gasteiger charge is -2.10. The monoisotopic (exact) mass is 418 g/mol. The van der Waals surface area contributed by atoms with Gasteiger partial charge in [0.15, 0.2) is 0 Å². The van der Waals surface area contributed by atoms with Gasteiger partial charge in [0.2, 0.25) is 0 Å². The molecule has 0 saturated carbocycles. The molecule has 0 unspecified atom stereocenters. The number of benzene rings is 3. The number of rotatable bonds is 12. The molecule has 4 N–H and O–H groups in total. The van der Waals surface area contributed by atoms with E-state index >= 15 is 0 Å². The van der Waals surface area contributed by atoms with E-state index in [2.05, 4.69) is 31.2 Å². The fourth-order valence-corrected chi connectivity index (χ4v) is 3.56. The topological polar surface area (TPSA) is 70.5 Å². The predicted molar refractivity (Wildman–Crippen MR) is 130 cm³/mol. The Hall–Kier alpha value is -3.14. The molecule has 0 saturated heterocycles. The van der Waals surface area contributed by atoms with Crippen molar-refractivity contribution in [2.45, 2.75) is 52.1 Å². The molecule has 0 bridgehead atoms. The van der Waals surface area contributed by atoms with Gasteiger partial charge in [-0.05, 0) is 65.6 Å². The standard InChI is InChI=1S/C27H34N2O2/c1-2-3-4-5-6-7-16-30-26-12-8-22(9-13-26)23-10-14-27(15-11-23)31-20-21-17-24(28)19-25(29)18-21/h8-15,17-19H,2-7,16,20,28-29H2,1H3. The number of unbranched alkanes of at least 4 members (excludes halogenated alkanes) is 5. The van der Waals surface area contributed by atoms with Crippen LogP contribution in [0.5, 0.6) is 11.5 Å². The quantitative estimate of drug-likeness (QED) is 0.250. The molecule has 3 aromatic rings. The van der Waals surface area contributed by atoms with Crippen LogP contribution in [0.15, 0.2) is 66.7 Å². The summed E-state index contributed by atoms with van der Waals surface area (Å²) < 4.78 is 11.7. The summed E-state index contributed by atoms with van der Waals surface area (Å²) in [7, 11) is 0. The van der Waals surface area contributed by atoms with Crippen molar-refractivity contribution in [3.05, 3.63) is 72.3 Å². The van der Waals surface area contributed by atoms with Crippen LogP contribution in [0.4, 0.5) is 11.4 Å². The lowest BCUT2D eigenvalue weighted by molar-refractivity contribution is 0.304. The molecule has 3 rings (SSSR count). The molecular formula is C27H34N2O2. The van der Waals surface area contributed by atoms with Gasteiger partial charge < -0.3 is 20.9 Å². The van der Waals surface area contributed by atoms with E-state index in [9.17, 15) is 0 Å². The first-order chi connectivity index (χ1) is 15.1. The van der Waals surface area contributed by atoms with Crippen LogP contribution in [-0.2, 0) is 6.61 Å². The van der Waals surface area contributed by atoms with Crippen LogP contribution >= 0.6 is 0 Å².